The average Bonchev–Trinajstić information content (AvgIpc) is 2.74. The molecule has 3 aromatic carbocycles. The number of anilines is 2. The molecule has 32 heavy (non-hydrogen) atoms. The van der Waals surface area contributed by atoms with Crippen molar-refractivity contribution in [3.63, 3.8) is 0 Å². The van der Waals surface area contributed by atoms with E-state index in [0.717, 1.165) is 27.0 Å². The van der Waals surface area contributed by atoms with E-state index < -0.39 is 0 Å². The van der Waals surface area contributed by atoms with E-state index in [1.54, 1.807) is 12.1 Å². The lowest BCUT2D eigenvalue weighted by Crippen LogP contribution is -2.06. The molecular weight excluding hydrogens is 515 g/mol. The maximum Gasteiger partial charge on any atom is 0.221 e. The van der Waals surface area contributed by atoms with Crippen molar-refractivity contribution in [1.82, 2.24) is 0 Å². The van der Waals surface area contributed by atoms with E-state index in [4.69, 9.17) is 32.7 Å². The van der Waals surface area contributed by atoms with Gasteiger partial charge in [-0.2, -0.15) is 0 Å². The van der Waals surface area contributed by atoms with Gasteiger partial charge in [0.25, 0.3) is 0 Å². The van der Waals surface area contributed by atoms with Gasteiger partial charge >= 0.3 is 0 Å². The second kappa shape index (κ2) is 11.5. The summed E-state index contributed by atoms with van der Waals surface area (Å²) in [5.41, 5.74) is 3.53. The van der Waals surface area contributed by atoms with Gasteiger partial charge in [0.15, 0.2) is 11.5 Å². The highest BCUT2D eigenvalue weighted by Gasteiger charge is 2.12. The molecule has 0 aromatic heterocycles. The van der Waals surface area contributed by atoms with Crippen LogP contribution in [0.15, 0.2) is 59.1 Å². The number of carbonyl (C=O) groups is 1. The molecular formula is C24H23BrCl2N2O3. The van der Waals surface area contributed by atoms with E-state index in [0.29, 0.717) is 41.3 Å². The van der Waals surface area contributed by atoms with Gasteiger partial charge < -0.3 is 20.1 Å². The van der Waals surface area contributed by atoms with Gasteiger partial charge in [0.1, 0.15) is 6.61 Å². The first-order valence-corrected chi connectivity index (χ1v) is 11.5. The summed E-state index contributed by atoms with van der Waals surface area (Å²) in [5.74, 6) is 1.17. The van der Waals surface area contributed by atoms with Crippen molar-refractivity contribution in [1.29, 1.82) is 0 Å². The first-order chi connectivity index (χ1) is 15.4. The average molecular weight is 538 g/mol. The number of hydrogen-bond acceptors (Lipinski definition) is 4. The molecule has 0 saturated carbocycles. The maximum atomic E-state index is 11.2. The molecule has 168 valence electrons. The zero-order chi connectivity index (χ0) is 23.1. The molecule has 3 aromatic rings. The predicted octanol–water partition coefficient (Wildman–Crippen LogP) is 7.30. The number of halogens is 3. The second-order valence-corrected chi connectivity index (χ2v) is 8.66. The van der Waals surface area contributed by atoms with Crippen LogP contribution in [0.4, 0.5) is 11.4 Å². The Morgan fingerprint density at radius 3 is 2.28 bits per heavy atom. The van der Waals surface area contributed by atoms with Crippen LogP contribution in [0.1, 0.15) is 25.0 Å². The molecule has 0 radical (unpaired) electrons. The Morgan fingerprint density at radius 1 is 0.938 bits per heavy atom. The van der Waals surface area contributed by atoms with Crippen molar-refractivity contribution in [2.24, 2.45) is 0 Å². The molecule has 8 heteroatoms. The summed E-state index contributed by atoms with van der Waals surface area (Å²) in [6, 6.07) is 16.7. The summed E-state index contributed by atoms with van der Waals surface area (Å²) in [7, 11) is 0. The zero-order valence-electron chi connectivity index (χ0n) is 17.7. The van der Waals surface area contributed by atoms with Gasteiger partial charge in [-0.25, -0.2) is 0 Å². The Bertz CT molecular complexity index is 1090. The predicted molar refractivity (Wildman–Crippen MR) is 134 cm³/mol. The minimum Gasteiger partial charge on any atom is -0.490 e. The third kappa shape index (κ3) is 6.79. The Kier molecular flexibility index (Phi) is 8.67. The molecule has 0 unspecified atom stereocenters. The summed E-state index contributed by atoms with van der Waals surface area (Å²) in [4.78, 5) is 11.2. The van der Waals surface area contributed by atoms with Gasteiger partial charge in [-0.1, -0.05) is 45.2 Å². The molecule has 0 aliphatic carbocycles. The highest BCUT2D eigenvalue weighted by Crippen LogP contribution is 2.35. The van der Waals surface area contributed by atoms with E-state index >= 15 is 0 Å². The van der Waals surface area contributed by atoms with Crippen molar-refractivity contribution in [3.05, 3.63) is 80.2 Å². The first-order valence-electron chi connectivity index (χ1n) is 9.99. The van der Waals surface area contributed by atoms with Crippen molar-refractivity contribution in [3.8, 4) is 11.5 Å². The molecule has 0 aliphatic heterocycles. The molecule has 0 fully saturated rings. The molecule has 0 bridgehead atoms. The highest BCUT2D eigenvalue weighted by molar-refractivity contribution is 9.10. The fourth-order valence-corrected chi connectivity index (χ4v) is 3.89. The second-order valence-electron chi connectivity index (χ2n) is 6.96. The minimum atomic E-state index is -0.0984. The van der Waals surface area contributed by atoms with Crippen LogP contribution in [0, 0.1) is 0 Å². The number of carbonyl (C=O) groups excluding carboxylic acids is 1. The molecule has 2 N–H and O–H groups in total. The number of hydrogen-bond donors (Lipinski definition) is 2. The van der Waals surface area contributed by atoms with Crippen LogP contribution in [0.3, 0.4) is 0 Å². The lowest BCUT2D eigenvalue weighted by atomic mass is 10.2. The van der Waals surface area contributed by atoms with Crippen LogP contribution in [-0.4, -0.2) is 12.5 Å². The van der Waals surface area contributed by atoms with Crippen molar-refractivity contribution in [2.75, 3.05) is 17.2 Å². The Balaban J connectivity index is 1.70. The molecule has 0 atom stereocenters. The zero-order valence-corrected chi connectivity index (χ0v) is 20.8. The van der Waals surface area contributed by atoms with Crippen LogP contribution in [-0.2, 0) is 17.9 Å². The third-order valence-electron chi connectivity index (χ3n) is 4.50. The summed E-state index contributed by atoms with van der Waals surface area (Å²) in [6.45, 7) is 4.79. The summed E-state index contributed by atoms with van der Waals surface area (Å²) in [6.07, 6.45) is 0. The van der Waals surface area contributed by atoms with Gasteiger partial charge in [-0.3, -0.25) is 4.79 Å². The van der Waals surface area contributed by atoms with Gasteiger partial charge in [-0.15, -0.1) is 0 Å². The highest BCUT2D eigenvalue weighted by atomic mass is 79.9. The van der Waals surface area contributed by atoms with Crippen LogP contribution in [0.25, 0.3) is 0 Å². The maximum absolute atomic E-state index is 11.2. The third-order valence-corrected chi connectivity index (χ3v) is 5.82. The number of ether oxygens (including phenoxy) is 2. The lowest BCUT2D eigenvalue weighted by Gasteiger charge is -2.16. The van der Waals surface area contributed by atoms with E-state index in [1.165, 1.54) is 6.92 Å². The first kappa shape index (κ1) is 24.2. The monoisotopic (exact) mass is 536 g/mol. The molecule has 5 nitrogen and oxygen atoms in total. The summed E-state index contributed by atoms with van der Waals surface area (Å²) in [5, 5.41) is 7.26. The van der Waals surface area contributed by atoms with E-state index in [-0.39, 0.29) is 5.91 Å². The standard InChI is InChI=1S/C24H23BrCl2N2O3/c1-3-31-23-10-17(13-28-19-6-8-20(9-7-19)29-15(2)30)21(25)12-24(23)32-14-16-4-5-18(26)11-22(16)27/h4-12,28H,3,13-14H2,1-2H3,(H,29,30). The Morgan fingerprint density at radius 2 is 1.62 bits per heavy atom. The molecule has 0 aliphatic rings. The largest absolute Gasteiger partial charge is 0.490 e. The lowest BCUT2D eigenvalue weighted by molar-refractivity contribution is -0.114. The van der Waals surface area contributed by atoms with Gasteiger partial charge in [-0.05, 0) is 61.0 Å². The normalized spacial score (nSPS) is 10.5. The molecule has 1 amide bonds. The molecule has 0 spiro atoms. The van der Waals surface area contributed by atoms with Crippen LogP contribution >= 0.6 is 39.1 Å². The van der Waals surface area contributed by atoms with Crippen molar-refractivity contribution < 1.29 is 14.3 Å². The van der Waals surface area contributed by atoms with Crippen LogP contribution in [0.5, 0.6) is 11.5 Å². The Hall–Kier alpha value is -2.41. The SMILES string of the molecule is CCOc1cc(CNc2ccc(NC(C)=O)cc2)c(Br)cc1OCc1ccc(Cl)cc1Cl. The van der Waals surface area contributed by atoms with Crippen LogP contribution < -0.4 is 20.1 Å². The Labute approximate surface area is 206 Å². The van der Waals surface area contributed by atoms with Gasteiger partial charge in [0, 0.05) is 44.9 Å². The number of amides is 1. The van der Waals surface area contributed by atoms with Gasteiger partial charge in [0.05, 0.1) is 6.61 Å². The topological polar surface area (TPSA) is 59.6 Å². The summed E-state index contributed by atoms with van der Waals surface area (Å²) < 4.78 is 12.7. The number of benzene rings is 3. The van der Waals surface area contributed by atoms with Crippen molar-refractivity contribution in [2.45, 2.75) is 27.0 Å². The fourth-order valence-electron chi connectivity index (χ4n) is 2.96. The number of nitrogens with one attached hydrogen (secondary N) is 2. The number of rotatable bonds is 9. The van der Waals surface area contributed by atoms with Crippen LogP contribution in [0.2, 0.25) is 10.0 Å². The van der Waals surface area contributed by atoms with E-state index in [2.05, 4.69) is 26.6 Å². The quantitative estimate of drug-likeness (QED) is 0.300. The molecule has 0 saturated heterocycles. The minimum absolute atomic E-state index is 0.0984. The van der Waals surface area contributed by atoms with Crippen molar-refractivity contribution >= 4 is 56.4 Å². The summed E-state index contributed by atoms with van der Waals surface area (Å²) >= 11 is 15.8. The van der Waals surface area contributed by atoms with E-state index in [9.17, 15) is 4.79 Å². The fraction of sp³-hybridized carbons (Fsp3) is 0.208. The van der Waals surface area contributed by atoms with Gasteiger partial charge in [0.2, 0.25) is 5.91 Å². The molecule has 3 rings (SSSR count). The molecule has 0 heterocycles. The van der Waals surface area contributed by atoms with E-state index in [1.807, 2.05) is 49.4 Å². The smallest absolute Gasteiger partial charge is 0.221 e.